The number of halogens is 2. The Bertz CT molecular complexity index is 1560. The topological polar surface area (TPSA) is 104 Å². The summed E-state index contributed by atoms with van der Waals surface area (Å²) in [5.41, 5.74) is 0.878. The Labute approximate surface area is 226 Å². The van der Waals surface area contributed by atoms with Crippen molar-refractivity contribution in [3.05, 3.63) is 86.6 Å². The maximum Gasteiger partial charge on any atom is 0.282 e. The predicted molar refractivity (Wildman–Crippen MR) is 146 cm³/mol. The lowest BCUT2D eigenvalue weighted by Gasteiger charge is -2.15. The van der Waals surface area contributed by atoms with Crippen LogP contribution in [0.2, 0.25) is 0 Å². The standard InChI is InChI=1S/C27H24BrFN4O5/c1-4-24-31-20-10-9-17(28)13-18(20)27(35)33(24)30-14-16-11-22(36-2)26(23(12-16)37-3)38-15-25(34)32-21-8-6-5-7-19(21)29/h5-14H,4,15H2,1-3H3,(H,32,34). The minimum atomic E-state index is -0.563. The van der Waals surface area contributed by atoms with E-state index < -0.39 is 18.3 Å². The van der Waals surface area contributed by atoms with Gasteiger partial charge in [0, 0.05) is 16.5 Å². The molecule has 0 radical (unpaired) electrons. The molecule has 0 saturated heterocycles. The van der Waals surface area contributed by atoms with E-state index in [1.165, 1.54) is 43.3 Å². The van der Waals surface area contributed by atoms with Crippen molar-refractivity contribution in [2.45, 2.75) is 13.3 Å². The molecule has 11 heteroatoms. The summed E-state index contributed by atoms with van der Waals surface area (Å²) in [5, 5.41) is 7.27. The van der Waals surface area contributed by atoms with Crippen molar-refractivity contribution >= 4 is 44.6 Å². The molecule has 0 aliphatic carbocycles. The molecule has 0 aliphatic heterocycles. The number of para-hydroxylation sites is 1. The van der Waals surface area contributed by atoms with Crippen LogP contribution in [0.3, 0.4) is 0 Å². The highest BCUT2D eigenvalue weighted by Crippen LogP contribution is 2.38. The Hall–Kier alpha value is -4.25. The van der Waals surface area contributed by atoms with Crippen LogP contribution in [0.5, 0.6) is 17.2 Å². The van der Waals surface area contributed by atoms with Crippen LogP contribution in [-0.2, 0) is 11.2 Å². The monoisotopic (exact) mass is 582 g/mol. The number of ether oxygens (including phenoxy) is 3. The van der Waals surface area contributed by atoms with Gasteiger partial charge in [0.25, 0.3) is 11.5 Å². The quantitative estimate of drug-likeness (QED) is 0.285. The summed E-state index contributed by atoms with van der Waals surface area (Å²) >= 11 is 3.39. The van der Waals surface area contributed by atoms with Crippen LogP contribution in [-0.4, -0.2) is 42.6 Å². The molecule has 9 nitrogen and oxygen atoms in total. The molecule has 0 fully saturated rings. The van der Waals surface area contributed by atoms with Crippen LogP contribution in [0.15, 0.2) is 69.0 Å². The molecule has 0 atom stereocenters. The zero-order valence-corrected chi connectivity index (χ0v) is 22.4. The first-order chi connectivity index (χ1) is 18.3. The summed E-state index contributed by atoms with van der Waals surface area (Å²) in [5.74, 6) is 0.104. The third-order valence-electron chi connectivity index (χ3n) is 5.49. The molecular formula is C27H24BrFN4O5. The third kappa shape index (κ3) is 5.83. The molecule has 3 aromatic carbocycles. The number of fused-ring (bicyclic) bond motifs is 1. The highest BCUT2D eigenvalue weighted by Gasteiger charge is 2.17. The van der Waals surface area contributed by atoms with Gasteiger partial charge in [0.15, 0.2) is 18.1 Å². The Morgan fingerprint density at radius 2 is 1.84 bits per heavy atom. The second-order valence-corrected chi connectivity index (χ2v) is 8.89. The number of hydrogen-bond acceptors (Lipinski definition) is 7. The zero-order valence-electron chi connectivity index (χ0n) is 20.8. The Kier molecular flexibility index (Phi) is 8.37. The SMILES string of the molecule is CCc1nc2ccc(Br)cc2c(=O)n1N=Cc1cc(OC)c(OCC(=O)Nc2ccccc2F)c(OC)c1. The lowest BCUT2D eigenvalue weighted by atomic mass is 10.2. The van der Waals surface area contributed by atoms with Gasteiger partial charge in [-0.15, -0.1) is 0 Å². The van der Waals surface area contributed by atoms with E-state index in [4.69, 9.17) is 14.2 Å². The van der Waals surface area contributed by atoms with Gasteiger partial charge in [0.1, 0.15) is 11.6 Å². The van der Waals surface area contributed by atoms with E-state index in [9.17, 15) is 14.0 Å². The van der Waals surface area contributed by atoms with Gasteiger partial charge in [-0.2, -0.15) is 9.78 Å². The van der Waals surface area contributed by atoms with Gasteiger partial charge in [-0.25, -0.2) is 9.37 Å². The van der Waals surface area contributed by atoms with Crippen molar-refractivity contribution in [3.63, 3.8) is 0 Å². The fourth-order valence-electron chi connectivity index (χ4n) is 3.67. The van der Waals surface area contributed by atoms with Gasteiger partial charge in [-0.3, -0.25) is 9.59 Å². The summed E-state index contributed by atoms with van der Waals surface area (Å²) in [6.45, 7) is 1.47. The largest absolute Gasteiger partial charge is 0.493 e. The highest BCUT2D eigenvalue weighted by molar-refractivity contribution is 9.10. The van der Waals surface area contributed by atoms with Crippen LogP contribution in [0.4, 0.5) is 10.1 Å². The van der Waals surface area contributed by atoms with Gasteiger partial charge in [0.05, 0.1) is 37.0 Å². The molecule has 0 saturated carbocycles. The number of benzene rings is 3. The van der Waals surface area contributed by atoms with Gasteiger partial charge >= 0.3 is 0 Å². The lowest BCUT2D eigenvalue weighted by Crippen LogP contribution is -2.22. The van der Waals surface area contributed by atoms with Crippen molar-refractivity contribution < 1.29 is 23.4 Å². The van der Waals surface area contributed by atoms with Crippen LogP contribution in [0.25, 0.3) is 10.9 Å². The molecule has 0 unspecified atom stereocenters. The smallest absolute Gasteiger partial charge is 0.282 e. The average molecular weight is 583 g/mol. The summed E-state index contributed by atoms with van der Waals surface area (Å²) in [6.07, 6.45) is 1.97. The van der Waals surface area contributed by atoms with Gasteiger partial charge < -0.3 is 19.5 Å². The summed E-state index contributed by atoms with van der Waals surface area (Å²) in [4.78, 5) is 30.0. The van der Waals surface area contributed by atoms with Crippen molar-refractivity contribution in [1.82, 2.24) is 9.66 Å². The van der Waals surface area contributed by atoms with E-state index >= 15 is 0 Å². The molecule has 1 aromatic heterocycles. The number of amides is 1. The summed E-state index contributed by atoms with van der Waals surface area (Å²) in [6, 6.07) is 14.4. The minimum absolute atomic E-state index is 0.0452. The molecule has 1 N–H and O–H groups in total. The number of hydrogen-bond donors (Lipinski definition) is 1. The second kappa shape index (κ2) is 11.9. The van der Waals surface area contributed by atoms with Gasteiger partial charge in [-0.1, -0.05) is 35.0 Å². The molecule has 1 amide bonds. The summed E-state index contributed by atoms with van der Waals surface area (Å²) in [7, 11) is 2.87. The van der Waals surface area contributed by atoms with Crippen molar-refractivity contribution in [3.8, 4) is 17.2 Å². The van der Waals surface area contributed by atoms with E-state index in [0.29, 0.717) is 28.7 Å². The molecule has 0 aliphatic rings. The molecule has 0 spiro atoms. The number of carbonyl (C=O) groups is 1. The normalized spacial score (nSPS) is 11.1. The Balaban J connectivity index is 1.61. The van der Waals surface area contributed by atoms with Crippen LogP contribution in [0.1, 0.15) is 18.3 Å². The van der Waals surface area contributed by atoms with Crippen LogP contribution >= 0.6 is 15.9 Å². The van der Waals surface area contributed by atoms with Crippen LogP contribution in [0, 0.1) is 5.82 Å². The predicted octanol–water partition coefficient (Wildman–Crippen LogP) is 4.78. The number of methoxy groups -OCH3 is 2. The third-order valence-corrected chi connectivity index (χ3v) is 5.99. The zero-order chi connectivity index (χ0) is 27.2. The van der Waals surface area contributed by atoms with Gasteiger partial charge in [-0.05, 0) is 42.5 Å². The van der Waals surface area contributed by atoms with Gasteiger partial charge in [0.2, 0.25) is 5.75 Å². The van der Waals surface area contributed by atoms with E-state index in [2.05, 4.69) is 31.3 Å². The van der Waals surface area contributed by atoms with E-state index in [0.717, 1.165) is 4.47 Å². The maximum absolute atomic E-state index is 13.8. The molecule has 1 heterocycles. The number of nitrogens with zero attached hydrogens (tertiary/aromatic N) is 3. The molecule has 4 aromatic rings. The van der Waals surface area contributed by atoms with Crippen LogP contribution < -0.4 is 25.1 Å². The molecule has 4 rings (SSSR count). The number of anilines is 1. The van der Waals surface area contributed by atoms with Crippen molar-refractivity contribution in [1.29, 1.82) is 0 Å². The molecule has 196 valence electrons. The first-order valence-corrected chi connectivity index (χ1v) is 12.3. The lowest BCUT2D eigenvalue weighted by molar-refractivity contribution is -0.118. The average Bonchev–Trinajstić information content (AvgIpc) is 2.92. The van der Waals surface area contributed by atoms with E-state index in [1.807, 2.05) is 13.0 Å². The number of carbonyl (C=O) groups excluding carboxylic acids is 1. The fourth-order valence-corrected chi connectivity index (χ4v) is 4.03. The highest BCUT2D eigenvalue weighted by atomic mass is 79.9. The number of aryl methyl sites for hydroxylation is 1. The number of aromatic nitrogens is 2. The molecular weight excluding hydrogens is 559 g/mol. The summed E-state index contributed by atoms with van der Waals surface area (Å²) < 4.78 is 32.4. The number of nitrogens with one attached hydrogen (secondary N) is 1. The molecule has 38 heavy (non-hydrogen) atoms. The van der Waals surface area contributed by atoms with Crippen molar-refractivity contribution in [2.24, 2.45) is 5.10 Å². The first-order valence-electron chi connectivity index (χ1n) is 11.5. The fraction of sp³-hybridized carbons (Fsp3) is 0.185. The Morgan fingerprint density at radius 1 is 1.13 bits per heavy atom. The van der Waals surface area contributed by atoms with E-state index in [1.54, 1.807) is 30.3 Å². The molecule has 0 bridgehead atoms. The minimum Gasteiger partial charge on any atom is -0.493 e. The maximum atomic E-state index is 13.8. The second-order valence-electron chi connectivity index (χ2n) is 7.98. The Morgan fingerprint density at radius 3 is 2.50 bits per heavy atom. The number of rotatable bonds is 9. The van der Waals surface area contributed by atoms with Crippen molar-refractivity contribution in [2.75, 3.05) is 26.1 Å². The van der Waals surface area contributed by atoms with E-state index in [-0.39, 0.29) is 28.5 Å². The first kappa shape index (κ1) is 26.8.